The SMILES string of the molecule is CC(C)[C@H](NS(=O)(=O)c1ccccc1)C(=O)OCC(=O)Nc1cccc(Cl)c1. The van der Waals surface area contributed by atoms with Crippen molar-refractivity contribution in [3.8, 4) is 0 Å². The first-order valence-corrected chi connectivity index (χ1v) is 10.3. The number of sulfonamides is 1. The van der Waals surface area contributed by atoms with Gasteiger partial charge in [-0.25, -0.2) is 8.42 Å². The highest BCUT2D eigenvalue weighted by molar-refractivity contribution is 7.89. The zero-order chi connectivity index (χ0) is 20.7. The molecule has 9 heteroatoms. The minimum Gasteiger partial charge on any atom is -0.454 e. The number of ether oxygens (including phenoxy) is 1. The van der Waals surface area contributed by atoms with Crippen LogP contribution in [0.2, 0.25) is 5.02 Å². The number of hydrogen-bond donors (Lipinski definition) is 2. The number of carbonyl (C=O) groups is 2. The summed E-state index contributed by atoms with van der Waals surface area (Å²) in [5.74, 6) is -1.79. The quantitative estimate of drug-likeness (QED) is 0.634. The van der Waals surface area contributed by atoms with E-state index in [-0.39, 0.29) is 10.8 Å². The number of halogens is 1. The van der Waals surface area contributed by atoms with E-state index in [0.717, 1.165) is 0 Å². The zero-order valence-corrected chi connectivity index (χ0v) is 17.0. The Labute approximate surface area is 169 Å². The lowest BCUT2D eigenvalue weighted by Gasteiger charge is -2.20. The predicted molar refractivity (Wildman–Crippen MR) is 106 cm³/mol. The van der Waals surface area contributed by atoms with Crippen LogP contribution in [-0.2, 0) is 24.3 Å². The maximum absolute atomic E-state index is 12.5. The van der Waals surface area contributed by atoms with E-state index in [0.29, 0.717) is 10.7 Å². The summed E-state index contributed by atoms with van der Waals surface area (Å²) < 4.78 is 32.2. The van der Waals surface area contributed by atoms with Crippen molar-refractivity contribution in [3.63, 3.8) is 0 Å². The second-order valence-electron chi connectivity index (χ2n) is 6.32. The molecule has 0 aliphatic rings. The second-order valence-corrected chi connectivity index (χ2v) is 8.47. The van der Waals surface area contributed by atoms with E-state index in [1.807, 2.05) is 0 Å². The van der Waals surface area contributed by atoms with Crippen molar-refractivity contribution < 1.29 is 22.7 Å². The first kappa shape index (κ1) is 21.9. The average molecular weight is 425 g/mol. The third kappa shape index (κ3) is 6.33. The number of carbonyl (C=O) groups excluding carboxylic acids is 2. The van der Waals surface area contributed by atoms with Gasteiger partial charge in [0.15, 0.2) is 6.61 Å². The number of nitrogens with one attached hydrogen (secondary N) is 2. The largest absolute Gasteiger partial charge is 0.454 e. The van der Waals surface area contributed by atoms with Crippen LogP contribution >= 0.6 is 11.6 Å². The Balaban J connectivity index is 1.98. The van der Waals surface area contributed by atoms with Crippen LogP contribution < -0.4 is 10.0 Å². The van der Waals surface area contributed by atoms with E-state index in [1.165, 1.54) is 12.1 Å². The maximum atomic E-state index is 12.5. The molecule has 0 spiro atoms. The molecule has 0 saturated carbocycles. The molecule has 0 aliphatic carbocycles. The summed E-state index contributed by atoms with van der Waals surface area (Å²) >= 11 is 5.84. The number of rotatable bonds is 8. The summed E-state index contributed by atoms with van der Waals surface area (Å²) in [7, 11) is -3.91. The molecule has 0 aliphatic heterocycles. The van der Waals surface area contributed by atoms with Crippen LogP contribution in [0.25, 0.3) is 0 Å². The maximum Gasteiger partial charge on any atom is 0.324 e. The topological polar surface area (TPSA) is 102 Å². The van der Waals surface area contributed by atoms with Crippen LogP contribution in [0, 0.1) is 5.92 Å². The zero-order valence-electron chi connectivity index (χ0n) is 15.4. The Morgan fingerprint density at radius 2 is 1.75 bits per heavy atom. The molecular formula is C19H21ClN2O5S. The van der Waals surface area contributed by atoms with Gasteiger partial charge in [0, 0.05) is 10.7 Å². The summed E-state index contributed by atoms with van der Waals surface area (Å²) in [5.41, 5.74) is 0.457. The highest BCUT2D eigenvalue weighted by Crippen LogP contribution is 2.15. The standard InChI is InChI=1S/C19H21ClN2O5S/c1-13(2)18(22-28(25,26)16-9-4-3-5-10-16)19(24)27-12-17(23)21-15-8-6-7-14(20)11-15/h3-11,13,18,22H,12H2,1-2H3,(H,21,23)/t18-/m0/s1. The van der Waals surface area contributed by atoms with Crippen molar-refractivity contribution in [2.75, 3.05) is 11.9 Å². The summed E-state index contributed by atoms with van der Waals surface area (Å²) in [6.07, 6.45) is 0. The Kier molecular flexibility index (Phi) is 7.56. The molecule has 0 bridgehead atoms. The van der Waals surface area contributed by atoms with E-state index in [1.54, 1.807) is 56.3 Å². The fourth-order valence-electron chi connectivity index (χ4n) is 2.28. The lowest BCUT2D eigenvalue weighted by atomic mass is 10.1. The molecule has 0 fully saturated rings. The van der Waals surface area contributed by atoms with Gasteiger partial charge in [0.2, 0.25) is 10.0 Å². The lowest BCUT2D eigenvalue weighted by Crippen LogP contribution is -2.45. The van der Waals surface area contributed by atoms with Crippen LogP contribution in [0.3, 0.4) is 0 Å². The number of esters is 1. The van der Waals surface area contributed by atoms with Crippen LogP contribution in [0.15, 0.2) is 59.5 Å². The van der Waals surface area contributed by atoms with Gasteiger partial charge in [-0.3, -0.25) is 9.59 Å². The molecule has 2 aromatic rings. The molecule has 0 saturated heterocycles. The van der Waals surface area contributed by atoms with Crippen molar-refractivity contribution in [1.82, 2.24) is 4.72 Å². The molecule has 7 nitrogen and oxygen atoms in total. The Hall–Kier alpha value is -2.42. The van der Waals surface area contributed by atoms with E-state index in [9.17, 15) is 18.0 Å². The molecule has 2 N–H and O–H groups in total. The van der Waals surface area contributed by atoms with Crippen molar-refractivity contribution in [2.45, 2.75) is 24.8 Å². The molecule has 2 aromatic carbocycles. The Morgan fingerprint density at radius 3 is 2.36 bits per heavy atom. The highest BCUT2D eigenvalue weighted by Gasteiger charge is 2.30. The average Bonchev–Trinajstić information content (AvgIpc) is 2.65. The molecule has 0 unspecified atom stereocenters. The molecule has 0 heterocycles. The van der Waals surface area contributed by atoms with Crippen molar-refractivity contribution in [1.29, 1.82) is 0 Å². The molecule has 0 radical (unpaired) electrons. The van der Waals surface area contributed by atoms with Crippen LogP contribution in [0.5, 0.6) is 0 Å². The van der Waals surface area contributed by atoms with Gasteiger partial charge in [-0.15, -0.1) is 0 Å². The molecule has 150 valence electrons. The Bertz CT molecular complexity index is 932. The van der Waals surface area contributed by atoms with Gasteiger partial charge in [0.1, 0.15) is 6.04 Å². The van der Waals surface area contributed by atoms with Gasteiger partial charge < -0.3 is 10.1 Å². The molecule has 1 atom stereocenters. The molecule has 2 rings (SSSR count). The molecule has 1 amide bonds. The number of amides is 1. The van der Waals surface area contributed by atoms with Gasteiger partial charge in [0.25, 0.3) is 5.91 Å². The fraction of sp³-hybridized carbons (Fsp3) is 0.263. The van der Waals surface area contributed by atoms with E-state index in [4.69, 9.17) is 16.3 Å². The third-order valence-electron chi connectivity index (χ3n) is 3.71. The van der Waals surface area contributed by atoms with E-state index in [2.05, 4.69) is 10.0 Å². The molecule has 28 heavy (non-hydrogen) atoms. The molecule has 0 aromatic heterocycles. The first-order valence-electron chi connectivity index (χ1n) is 8.48. The third-order valence-corrected chi connectivity index (χ3v) is 5.40. The summed E-state index contributed by atoms with van der Waals surface area (Å²) in [5, 5.41) is 2.99. The summed E-state index contributed by atoms with van der Waals surface area (Å²) in [6, 6.07) is 13.1. The van der Waals surface area contributed by atoms with E-state index >= 15 is 0 Å². The van der Waals surface area contributed by atoms with Crippen LogP contribution in [0.1, 0.15) is 13.8 Å². The normalized spacial score (nSPS) is 12.4. The highest BCUT2D eigenvalue weighted by atomic mass is 35.5. The number of hydrogen-bond acceptors (Lipinski definition) is 5. The van der Waals surface area contributed by atoms with Crippen molar-refractivity contribution in [2.24, 2.45) is 5.92 Å². The minimum absolute atomic E-state index is 0.0344. The van der Waals surface area contributed by atoms with E-state index < -0.39 is 34.5 Å². The first-order chi connectivity index (χ1) is 13.2. The number of anilines is 1. The van der Waals surface area contributed by atoms with Crippen LogP contribution in [0.4, 0.5) is 5.69 Å². The summed E-state index contributed by atoms with van der Waals surface area (Å²) in [4.78, 5) is 24.3. The fourth-order valence-corrected chi connectivity index (χ4v) is 3.83. The van der Waals surface area contributed by atoms with Gasteiger partial charge in [-0.1, -0.05) is 49.7 Å². The van der Waals surface area contributed by atoms with Gasteiger partial charge in [0.05, 0.1) is 4.90 Å². The second kappa shape index (κ2) is 9.68. The van der Waals surface area contributed by atoms with Gasteiger partial charge in [-0.05, 0) is 36.2 Å². The van der Waals surface area contributed by atoms with Gasteiger partial charge in [-0.2, -0.15) is 4.72 Å². The minimum atomic E-state index is -3.91. The van der Waals surface area contributed by atoms with Crippen LogP contribution in [-0.4, -0.2) is 32.9 Å². The predicted octanol–water partition coefficient (Wildman–Crippen LogP) is 2.82. The van der Waals surface area contributed by atoms with Crippen molar-refractivity contribution in [3.05, 3.63) is 59.6 Å². The lowest BCUT2D eigenvalue weighted by molar-refractivity contribution is -0.150. The molecular weight excluding hydrogens is 404 g/mol. The smallest absolute Gasteiger partial charge is 0.324 e. The van der Waals surface area contributed by atoms with Crippen molar-refractivity contribution >= 4 is 39.2 Å². The van der Waals surface area contributed by atoms with Gasteiger partial charge >= 0.3 is 5.97 Å². The monoisotopic (exact) mass is 424 g/mol. The number of benzene rings is 2. The summed E-state index contributed by atoms with van der Waals surface area (Å²) in [6.45, 7) is 2.79. The Morgan fingerprint density at radius 1 is 1.07 bits per heavy atom.